The first-order chi connectivity index (χ1) is 16.3. The monoisotopic (exact) mass is 440 g/mol. The van der Waals surface area contributed by atoms with E-state index in [1.807, 2.05) is 60.7 Å². The van der Waals surface area contributed by atoms with E-state index in [0.717, 1.165) is 55.4 Å². The SMILES string of the molecule is O=c1c2ccccc2nc(N2CCN(Cc3ccc4c(c3)OCO4)CC2)n1-c1ccccc1. The minimum Gasteiger partial charge on any atom is -0.454 e. The van der Waals surface area contributed by atoms with Crippen molar-refractivity contribution in [2.24, 2.45) is 0 Å². The highest BCUT2D eigenvalue weighted by atomic mass is 16.7. The van der Waals surface area contributed by atoms with Crippen molar-refractivity contribution in [1.82, 2.24) is 14.5 Å². The molecule has 0 saturated carbocycles. The number of para-hydroxylation sites is 2. The highest BCUT2D eigenvalue weighted by Gasteiger charge is 2.23. The van der Waals surface area contributed by atoms with Crippen molar-refractivity contribution in [2.45, 2.75) is 6.54 Å². The van der Waals surface area contributed by atoms with Gasteiger partial charge < -0.3 is 14.4 Å². The summed E-state index contributed by atoms with van der Waals surface area (Å²) in [4.78, 5) is 23.0. The van der Waals surface area contributed by atoms with E-state index in [1.165, 1.54) is 5.56 Å². The lowest BCUT2D eigenvalue weighted by molar-refractivity contribution is 0.174. The predicted octanol–water partition coefficient (Wildman–Crippen LogP) is 3.44. The van der Waals surface area contributed by atoms with Crippen LogP contribution in [0.3, 0.4) is 0 Å². The topological polar surface area (TPSA) is 59.8 Å². The Bertz CT molecular complexity index is 1360. The molecule has 0 spiro atoms. The summed E-state index contributed by atoms with van der Waals surface area (Å²) in [5.74, 6) is 2.33. The number of benzene rings is 3. The summed E-state index contributed by atoms with van der Waals surface area (Å²) in [5, 5.41) is 0.631. The molecular weight excluding hydrogens is 416 g/mol. The standard InChI is InChI=1S/C26H24N4O3/c31-25-21-8-4-5-9-22(21)27-26(30(25)20-6-2-1-3-7-20)29-14-12-28(13-15-29)17-19-10-11-23-24(16-19)33-18-32-23/h1-11,16H,12-15,17-18H2. The molecule has 1 saturated heterocycles. The number of anilines is 1. The third-order valence-corrected chi connectivity index (χ3v) is 6.27. The molecule has 0 amide bonds. The molecule has 7 heteroatoms. The fourth-order valence-corrected chi connectivity index (χ4v) is 4.55. The number of hydrogen-bond donors (Lipinski definition) is 0. The summed E-state index contributed by atoms with van der Waals surface area (Å²) in [6, 6.07) is 23.5. The van der Waals surface area contributed by atoms with Crippen LogP contribution in [-0.2, 0) is 6.54 Å². The minimum absolute atomic E-state index is 0.0374. The number of rotatable bonds is 4. The largest absolute Gasteiger partial charge is 0.454 e. The summed E-state index contributed by atoms with van der Waals surface area (Å²) in [7, 11) is 0. The molecule has 166 valence electrons. The first-order valence-electron chi connectivity index (χ1n) is 11.2. The van der Waals surface area contributed by atoms with Gasteiger partial charge >= 0.3 is 0 Å². The van der Waals surface area contributed by atoms with Crippen molar-refractivity contribution in [1.29, 1.82) is 0 Å². The molecule has 1 aromatic heterocycles. The summed E-state index contributed by atoms with van der Waals surface area (Å²) in [6.07, 6.45) is 0. The Kier molecular flexibility index (Phi) is 4.96. The Morgan fingerprint density at radius 3 is 2.42 bits per heavy atom. The van der Waals surface area contributed by atoms with Crippen molar-refractivity contribution < 1.29 is 9.47 Å². The van der Waals surface area contributed by atoms with Crippen LogP contribution in [0, 0.1) is 0 Å². The van der Waals surface area contributed by atoms with E-state index >= 15 is 0 Å². The molecule has 7 nitrogen and oxygen atoms in total. The maximum atomic E-state index is 13.5. The Morgan fingerprint density at radius 2 is 1.58 bits per heavy atom. The maximum absolute atomic E-state index is 13.5. The number of ether oxygens (including phenoxy) is 2. The second kappa shape index (κ2) is 8.26. The predicted molar refractivity (Wildman–Crippen MR) is 127 cm³/mol. The number of piperazine rings is 1. The van der Waals surface area contributed by atoms with Gasteiger partial charge in [-0.2, -0.15) is 0 Å². The average molecular weight is 441 g/mol. The van der Waals surface area contributed by atoms with Gasteiger partial charge in [0.1, 0.15) is 0 Å². The van der Waals surface area contributed by atoms with Gasteiger partial charge in [-0.25, -0.2) is 9.55 Å². The Balaban J connectivity index is 1.27. The van der Waals surface area contributed by atoms with Crippen LogP contribution in [0.2, 0.25) is 0 Å². The van der Waals surface area contributed by atoms with E-state index in [2.05, 4.69) is 21.9 Å². The van der Waals surface area contributed by atoms with Gasteiger partial charge in [-0.05, 0) is 42.0 Å². The molecule has 4 aromatic rings. The number of fused-ring (bicyclic) bond motifs is 2. The molecule has 33 heavy (non-hydrogen) atoms. The van der Waals surface area contributed by atoms with Crippen LogP contribution in [0.1, 0.15) is 5.56 Å². The lowest BCUT2D eigenvalue weighted by Gasteiger charge is -2.36. The second-order valence-corrected chi connectivity index (χ2v) is 8.36. The first-order valence-corrected chi connectivity index (χ1v) is 11.2. The molecular formula is C26H24N4O3. The number of nitrogens with zero attached hydrogens (tertiary/aromatic N) is 4. The van der Waals surface area contributed by atoms with E-state index in [1.54, 1.807) is 4.57 Å². The zero-order valence-corrected chi connectivity index (χ0v) is 18.2. The summed E-state index contributed by atoms with van der Waals surface area (Å²) >= 11 is 0. The lowest BCUT2D eigenvalue weighted by Crippen LogP contribution is -2.47. The van der Waals surface area contributed by atoms with Gasteiger partial charge in [0.25, 0.3) is 5.56 Å². The molecule has 0 radical (unpaired) electrons. The Morgan fingerprint density at radius 1 is 0.818 bits per heavy atom. The fraction of sp³-hybridized carbons (Fsp3) is 0.231. The summed E-state index contributed by atoms with van der Waals surface area (Å²) in [6.45, 7) is 4.49. The highest BCUT2D eigenvalue weighted by Crippen LogP contribution is 2.33. The third-order valence-electron chi connectivity index (χ3n) is 6.27. The fourth-order valence-electron chi connectivity index (χ4n) is 4.55. The van der Waals surface area contributed by atoms with Gasteiger partial charge in [-0.3, -0.25) is 9.69 Å². The average Bonchev–Trinajstić information content (AvgIpc) is 3.33. The van der Waals surface area contributed by atoms with Crippen LogP contribution in [0.25, 0.3) is 16.6 Å². The van der Waals surface area contributed by atoms with E-state index in [-0.39, 0.29) is 5.56 Å². The molecule has 0 N–H and O–H groups in total. The molecule has 2 aliphatic rings. The van der Waals surface area contributed by atoms with Crippen LogP contribution in [0.15, 0.2) is 77.6 Å². The number of hydrogen-bond acceptors (Lipinski definition) is 6. The quantitative estimate of drug-likeness (QED) is 0.485. The van der Waals surface area contributed by atoms with Crippen LogP contribution in [0.5, 0.6) is 11.5 Å². The van der Waals surface area contributed by atoms with Gasteiger partial charge in [0.2, 0.25) is 12.7 Å². The molecule has 0 atom stereocenters. The Hall–Kier alpha value is -3.84. The molecule has 3 aromatic carbocycles. The van der Waals surface area contributed by atoms with Gasteiger partial charge in [0.05, 0.1) is 16.6 Å². The van der Waals surface area contributed by atoms with Gasteiger partial charge in [0.15, 0.2) is 11.5 Å². The van der Waals surface area contributed by atoms with Crippen molar-refractivity contribution in [3.05, 3.63) is 88.7 Å². The molecule has 2 aliphatic heterocycles. The smallest absolute Gasteiger partial charge is 0.267 e. The molecule has 0 unspecified atom stereocenters. The lowest BCUT2D eigenvalue weighted by atomic mass is 10.1. The zero-order valence-electron chi connectivity index (χ0n) is 18.2. The van der Waals surface area contributed by atoms with Gasteiger partial charge in [0, 0.05) is 32.7 Å². The zero-order chi connectivity index (χ0) is 22.2. The highest BCUT2D eigenvalue weighted by molar-refractivity contribution is 5.79. The molecule has 0 aliphatic carbocycles. The molecule has 1 fully saturated rings. The van der Waals surface area contributed by atoms with Crippen LogP contribution in [-0.4, -0.2) is 47.4 Å². The van der Waals surface area contributed by atoms with E-state index in [9.17, 15) is 4.79 Å². The van der Waals surface area contributed by atoms with Gasteiger partial charge in [-0.15, -0.1) is 0 Å². The third kappa shape index (κ3) is 3.70. The normalized spacial score (nSPS) is 15.8. The van der Waals surface area contributed by atoms with E-state index in [0.29, 0.717) is 18.1 Å². The van der Waals surface area contributed by atoms with Crippen molar-refractivity contribution >= 4 is 16.9 Å². The summed E-state index contributed by atoms with van der Waals surface area (Å²) < 4.78 is 12.7. The number of aromatic nitrogens is 2. The van der Waals surface area contributed by atoms with Crippen LogP contribution in [0.4, 0.5) is 5.95 Å². The molecule has 6 rings (SSSR count). The van der Waals surface area contributed by atoms with E-state index < -0.39 is 0 Å². The minimum atomic E-state index is -0.0374. The Labute approximate surface area is 191 Å². The van der Waals surface area contributed by atoms with Crippen LogP contribution >= 0.6 is 0 Å². The maximum Gasteiger partial charge on any atom is 0.267 e. The first kappa shape index (κ1) is 19.8. The molecule has 3 heterocycles. The molecule has 0 bridgehead atoms. The second-order valence-electron chi connectivity index (χ2n) is 8.36. The van der Waals surface area contributed by atoms with Gasteiger partial charge in [-0.1, -0.05) is 36.4 Å². The van der Waals surface area contributed by atoms with Crippen molar-refractivity contribution in [3.8, 4) is 17.2 Å². The van der Waals surface area contributed by atoms with Crippen LogP contribution < -0.4 is 19.9 Å². The van der Waals surface area contributed by atoms with Crippen molar-refractivity contribution in [2.75, 3.05) is 37.9 Å². The van der Waals surface area contributed by atoms with E-state index in [4.69, 9.17) is 14.5 Å². The summed E-state index contributed by atoms with van der Waals surface area (Å²) in [5.41, 5.74) is 2.73. The van der Waals surface area contributed by atoms with Crippen molar-refractivity contribution in [3.63, 3.8) is 0 Å².